The molecule has 4 nitrogen and oxygen atoms in total. The molecular formula is C21H15FN2O2. The molecular weight excluding hydrogens is 331 g/mol. The fourth-order valence-electron chi connectivity index (χ4n) is 2.71. The van der Waals surface area contributed by atoms with Crippen LogP contribution in [0.4, 0.5) is 4.39 Å². The van der Waals surface area contributed by atoms with Crippen LogP contribution in [0.3, 0.4) is 0 Å². The summed E-state index contributed by atoms with van der Waals surface area (Å²) >= 11 is 0. The van der Waals surface area contributed by atoms with Crippen LogP contribution < -0.4 is 4.74 Å². The minimum Gasteiger partial charge on any atom is -0.506 e. The standard InChI is InChI=1S/C21H15FN2O2/c22-17-11-15(8-9-19(17)26-13-14-5-2-1-3-6-14)20-18(25)12-16-7-4-10-23-21(16)24-20/h1-12,25H,13H2. The maximum atomic E-state index is 14.4. The van der Waals surface area contributed by atoms with Gasteiger partial charge in [0.2, 0.25) is 0 Å². The predicted octanol–water partition coefficient (Wildman–Crippen LogP) is 4.72. The van der Waals surface area contributed by atoms with Gasteiger partial charge in [-0.3, -0.25) is 0 Å². The Hall–Kier alpha value is -3.47. The highest BCUT2D eigenvalue weighted by Crippen LogP contribution is 2.32. The van der Waals surface area contributed by atoms with Crippen LogP contribution in [0.2, 0.25) is 0 Å². The molecule has 1 N–H and O–H groups in total. The van der Waals surface area contributed by atoms with Crippen molar-refractivity contribution in [3.8, 4) is 22.8 Å². The van der Waals surface area contributed by atoms with Crippen molar-refractivity contribution in [3.63, 3.8) is 0 Å². The maximum absolute atomic E-state index is 14.4. The van der Waals surface area contributed by atoms with Crippen molar-refractivity contribution in [3.05, 3.63) is 84.3 Å². The highest BCUT2D eigenvalue weighted by atomic mass is 19.1. The van der Waals surface area contributed by atoms with Gasteiger partial charge in [-0.15, -0.1) is 0 Å². The van der Waals surface area contributed by atoms with Crippen molar-refractivity contribution >= 4 is 11.0 Å². The van der Waals surface area contributed by atoms with Gasteiger partial charge in [-0.25, -0.2) is 14.4 Å². The van der Waals surface area contributed by atoms with Gasteiger partial charge in [0.05, 0.1) is 0 Å². The molecule has 5 heteroatoms. The molecule has 26 heavy (non-hydrogen) atoms. The number of nitrogens with zero attached hydrogens (tertiary/aromatic N) is 2. The molecule has 2 aromatic carbocycles. The molecule has 0 fully saturated rings. The van der Waals surface area contributed by atoms with Gasteiger partial charge >= 0.3 is 0 Å². The van der Waals surface area contributed by atoms with E-state index in [9.17, 15) is 9.50 Å². The molecule has 0 atom stereocenters. The van der Waals surface area contributed by atoms with Crippen LogP contribution in [0, 0.1) is 5.82 Å². The quantitative estimate of drug-likeness (QED) is 0.581. The normalized spacial score (nSPS) is 10.8. The summed E-state index contributed by atoms with van der Waals surface area (Å²) in [6.45, 7) is 0.278. The van der Waals surface area contributed by atoms with Crippen molar-refractivity contribution in [2.45, 2.75) is 6.61 Å². The fourth-order valence-corrected chi connectivity index (χ4v) is 2.71. The number of ether oxygens (including phenoxy) is 1. The first-order chi connectivity index (χ1) is 12.7. The topological polar surface area (TPSA) is 55.2 Å². The number of benzene rings is 2. The number of aromatic nitrogens is 2. The SMILES string of the molecule is Oc1cc2cccnc2nc1-c1ccc(OCc2ccccc2)c(F)c1. The minimum atomic E-state index is -0.513. The van der Waals surface area contributed by atoms with Gasteiger partial charge < -0.3 is 9.84 Å². The van der Waals surface area contributed by atoms with Gasteiger partial charge in [-0.1, -0.05) is 30.3 Å². The van der Waals surface area contributed by atoms with Crippen molar-refractivity contribution in [2.75, 3.05) is 0 Å². The Labute approximate surface area is 149 Å². The first-order valence-electron chi connectivity index (χ1n) is 8.12. The molecule has 0 aliphatic rings. The second-order valence-corrected chi connectivity index (χ2v) is 5.83. The van der Waals surface area contributed by atoms with E-state index in [1.54, 1.807) is 30.5 Å². The van der Waals surface area contributed by atoms with Crippen molar-refractivity contribution < 1.29 is 14.2 Å². The lowest BCUT2D eigenvalue weighted by Gasteiger charge is -2.10. The second kappa shape index (κ2) is 6.80. The molecule has 0 spiro atoms. The molecule has 0 saturated heterocycles. The Morgan fingerprint density at radius 1 is 0.962 bits per heavy atom. The first-order valence-corrected chi connectivity index (χ1v) is 8.12. The third-order valence-electron chi connectivity index (χ3n) is 4.01. The summed E-state index contributed by atoms with van der Waals surface area (Å²) in [5, 5.41) is 10.9. The largest absolute Gasteiger partial charge is 0.506 e. The van der Waals surface area contributed by atoms with Crippen LogP contribution in [0.15, 0.2) is 72.9 Å². The minimum absolute atomic E-state index is 0.0251. The van der Waals surface area contributed by atoms with E-state index >= 15 is 0 Å². The van der Waals surface area contributed by atoms with Crippen LogP contribution in [-0.2, 0) is 6.61 Å². The van der Waals surface area contributed by atoms with Crippen molar-refractivity contribution in [1.29, 1.82) is 0 Å². The monoisotopic (exact) mass is 346 g/mol. The molecule has 0 bridgehead atoms. The van der Waals surface area contributed by atoms with Gasteiger partial charge in [-0.2, -0.15) is 0 Å². The van der Waals surface area contributed by atoms with Crippen molar-refractivity contribution in [1.82, 2.24) is 9.97 Å². The Kier molecular flexibility index (Phi) is 4.19. The third kappa shape index (κ3) is 3.19. The van der Waals surface area contributed by atoms with Gasteiger partial charge in [-0.05, 0) is 42.0 Å². The molecule has 128 valence electrons. The summed E-state index contributed by atoms with van der Waals surface area (Å²) in [5.74, 6) is -0.389. The van der Waals surface area contributed by atoms with E-state index in [2.05, 4.69) is 9.97 Å². The van der Waals surface area contributed by atoms with E-state index in [0.29, 0.717) is 11.2 Å². The highest BCUT2D eigenvalue weighted by Gasteiger charge is 2.12. The summed E-state index contributed by atoms with van der Waals surface area (Å²) in [7, 11) is 0. The van der Waals surface area contributed by atoms with E-state index < -0.39 is 5.82 Å². The zero-order valence-corrected chi connectivity index (χ0v) is 13.8. The number of halogens is 1. The van der Waals surface area contributed by atoms with Gasteiger partial charge in [0, 0.05) is 17.1 Å². The molecule has 2 aromatic heterocycles. The zero-order chi connectivity index (χ0) is 17.9. The Morgan fingerprint density at radius 2 is 1.81 bits per heavy atom. The number of hydrogen-bond donors (Lipinski definition) is 1. The molecule has 0 radical (unpaired) electrons. The van der Waals surface area contributed by atoms with Gasteiger partial charge in [0.15, 0.2) is 17.2 Å². The summed E-state index contributed by atoms with van der Waals surface area (Å²) in [6.07, 6.45) is 1.62. The molecule has 0 amide bonds. The lowest BCUT2D eigenvalue weighted by Crippen LogP contribution is -1.98. The number of aromatic hydroxyl groups is 1. The zero-order valence-electron chi connectivity index (χ0n) is 13.8. The molecule has 2 heterocycles. The number of hydrogen-bond acceptors (Lipinski definition) is 4. The lowest BCUT2D eigenvalue weighted by atomic mass is 10.1. The number of pyridine rings is 2. The van der Waals surface area contributed by atoms with Crippen molar-refractivity contribution in [2.24, 2.45) is 0 Å². The van der Waals surface area contributed by atoms with Crippen LogP contribution in [0.25, 0.3) is 22.3 Å². The first kappa shape index (κ1) is 16.0. The Bertz CT molecular complexity index is 1070. The molecule has 4 aromatic rings. The van der Waals surface area contributed by atoms with Crippen LogP contribution in [-0.4, -0.2) is 15.1 Å². The Balaban J connectivity index is 1.62. The third-order valence-corrected chi connectivity index (χ3v) is 4.01. The van der Waals surface area contributed by atoms with E-state index in [0.717, 1.165) is 10.9 Å². The molecule has 0 aliphatic heterocycles. The maximum Gasteiger partial charge on any atom is 0.165 e. The summed E-state index contributed by atoms with van der Waals surface area (Å²) in [6, 6.07) is 19.2. The van der Waals surface area contributed by atoms with Gasteiger partial charge in [0.25, 0.3) is 0 Å². The molecule has 0 unspecified atom stereocenters. The van der Waals surface area contributed by atoms with Crippen LogP contribution in [0.5, 0.6) is 11.5 Å². The molecule has 0 aliphatic carbocycles. The highest BCUT2D eigenvalue weighted by molar-refractivity contribution is 5.82. The number of fused-ring (bicyclic) bond motifs is 1. The molecule has 4 rings (SSSR count). The van der Waals surface area contributed by atoms with Crippen LogP contribution >= 0.6 is 0 Å². The summed E-state index contributed by atoms with van der Waals surface area (Å²) in [4.78, 5) is 8.51. The van der Waals surface area contributed by atoms with E-state index in [1.807, 2.05) is 30.3 Å². The fraction of sp³-hybridized carbons (Fsp3) is 0.0476. The average Bonchev–Trinajstić information content (AvgIpc) is 2.67. The Morgan fingerprint density at radius 3 is 2.62 bits per heavy atom. The summed E-state index contributed by atoms with van der Waals surface area (Å²) < 4.78 is 20.0. The van der Waals surface area contributed by atoms with Gasteiger partial charge in [0.1, 0.15) is 18.1 Å². The van der Waals surface area contributed by atoms with Crippen LogP contribution in [0.1, 0.15) is 5.56 Å². The van der Waals surface area contributed by atoms with E-state index in [4.69, 9.17) is 4.74 Å². The molecule has 0 saturated carbocycles. The second-order valence-electron chi connectivity index (χ2n) is 5.83. The van der Waals surface area contributed by atoms with E-state index in [-0.39, 0.29) is 23.8 Å². The predicted molar refractivity (Wildman–Crippen MR) is 97.4 cm³/mol. The number of rotatable bonds is 4. The van der Waals surface area contributed by atoms with E-state index in [1.165, 1.54) is 12.1 Å². The summed E-state index contributed by atoms with van der Waals surface area (Å²) in [5.41, 5.74) is 2.19. The average molecular weight is 346 g/mol. The lowest BCUT2D eigenvalue weighted by molar-refractivity contribution is 0.290. The smallest absolute Gasteiger partial charge is 0.165 e.